The van der Waals surface area contributed by atoms with Gasteiger partial charge >= 0.3 is 0 Å². The molecule has 1 aliphatic rings. The fraction of sp³-hybridized carbons (Fsp3) is 0.389. The van der Waals surface area contributed by atoms with Crippen molar-refractivity contribution in [2.24, 2.45) is 5.73 Å². The lowest BCUT2D eigenvalue weighted by molar-refractivity contribution is 0.0999. The number of aryl methyl sites for hydroxylation is 1. The number of nitrogens with two attached hydrogens (primary N) is 1. The van der Waals surface area contributed by atoms with Gasteiger partial charge in [0, 0.05) is 31.2 Å². The first kappa shape index (κ1) is 17.2. The number of amides is 1. The molecule has 2 aromatic heterocycles. The number of nitrogens with one attached hydrogen (secondary N) is 2. The standard InChI is InChI=1S/C18H23N5O2/c1-11(13-4-3-12(2)21-7-13)6-20-9-15-10-22-16-5-14(17(19)24)8-23-18(16)25-15/h3-5,7-8,11,15,20,22H,6,9-10H2,1-2H3,(H2,19,24). The number of anilines is 1. The summed E-state index contributed by atoms with van der Waals surface area (Å²) in [5.41, 5.74) is 8.57. The molecule has 4 N–H and O–H groups in total. The number of rotatable bonds is 6. The second kappa shape index (κ2) is 7.48. The largest absolute Gasteiger partial charge is 0.470 e. The normalized spacial score (nSPS) is 17.1. The molecule has 0 fully saturated rings. The highest BCUT2D eigenvalue weighted by Crippen LogP contribution is 2.27. The van der Waals surface area contributed by atoms with Gasteiger partial charge in [0.05, 0.1) is 17.8 Å². The van der Waals surface area contributed by atoms with Crippen LogP contribution >= 0.6 is 0 Å². The molecule has 2 unspecified atom stereocenters. The van der Waals surface area contributed by atoms with Gasteiger partial charge < -0.3 is 21.1 Å². The fourth-order valence-corrected chi connectivity index (χ4v) is 2.69. The van der Waals surface area contributed by atoms with Crippen molar-refractivity contribution in [2.75, 3.05) is 25.0 Å². The molecule has 3 heterocycles. The summed E-state index contributed by atoms with van der Waals surface area (Å²) in [5, 5.41) is 6.67. The van der Waals surface area contributed by atoms with Crippen molar-refractivity contribution in [1.29, 1.82) is 0 Å². The van der Waals surface area contributed by atoms with Gasteiger partial charge in [0.2, 0.25) is 11.8 Å². The zero-order chi connectivity index (χ0) is 17.8. The quantitative estimate of drug-likeness (QED) is 0.735. The van der Waals surface area contributed by atoms with Crippen LogP contribution in [0.3, 0.4) is 0 Å². The number of primary amides is 1. The van der Waals surface area contributed by atoms with E-state index in [1.54, 1.807) is 6.07 Å². The van der Waals surface area contributed by atoms with Crippen LogP contribution in [0.1, 0.15) is 34.5 Å². The Morgan fingerprint density at radius 2 is 2.28 bits per heavy atom. The number of hydrogen-bond acceptors (Lipinski definition) is 6. The van der Waals surface area contributed by atoms with E-state index in [0.717, 1.165) is 12.2 Å². The van der Waals surface area contributed by atoms with E-state index in [2.05, 4.69) is 33.6 Å². The van der Waals surface area contributed by atoms with E-state index in [4.69, 9.17) is 10.5 Å². The number of hydrogen-bond donors (Lipinski definition) is 3. The van der Waals surface area contributed by atoms with Gasteiger partial charge in [0.15, 0.2) is 0 Å². The van der Waals surface area contributed by atoms with Crippen LogP contribution in [0.4, 0.5) is 5.69 Å². The highest BCUT2D eigenvalue weighted by molar-refractivity contribution is 5.93. The van der Waals surface area contributed by atoms with E-state index in [-0.39, 0.29) is 6.10 Å². The average Bonchev–Trinajstić information content (AvgIpc) is 2.61. The van der Waals surface area contributed by atoms with Crippen molar-refractivity contribution >= 4 is 11.6 Å². The molecule has 7 heteroatoms. The Labute approximate surface area is 147 Å². The monoisotopic (exact) mass is 341 g/mol. The van der Waals surface area contributed by atoms with Crippen molar-refractivity contribution in [2.45, 2.75) is 25.9 Å². The number of nitrogens with zero attached hydrogens (tertiary/aromatic N) is 2. The Morgan fingerprint density at radius 1 is 1.44 bits per heavy atom. The van der Waals surface area contributed by atoms with Crippen LogP contribution < -0.4 is 21.1 Å². The van der Waals surface area contributed by atoms with Crippen molar-refractivity contribution < 1.29 is 9.53 Å². The van der Waals surface area contributed by atoms with Gasteiger partial charge in [-0.05, 0) is 30.5 Å². The molecular formula is C18H23N5O2. The molecule has 0 aliphatic carbocycles. The maximum atomic E-state index is 11.2. The molecule has 3 rings (SSSR count). The van der Waals surface area contributed by atoms with E-state index in [0.29, 0.717) is 36.1 Å². The Morgan fingerprint density at radius 3 is 3.00 bits per heavy atom. The predicted molar refractivity (Wildman–Crippen MR) is 95.9 cm³/mol. The first-order chi connectivity index (χ1) is 12.0. The van der Waals surface area contributed by atoms with Crippen LogP contribution in [-0.2, 0) is 0 Å². The van der Waals surface area contributed by atoms with E-state index in [9.17, 15) is 4.79 Å². The summed E-state index contributed by atoms with van der Waals surface area (Å²) in [5.74, 6) is 0.368. The average molecular weight is 341 g/mol. The van der Waals surface area contributed by atoms with E-state index >= 15 is 0 Å². The predicted octanol–water partition coefficient (Wildman–Crippen LogP) is 1.45. The second-order valence-corrected chi connectivity index (χ2v) is 6.35. The molecule has 2 aromatic rings. The molecular weight excluding hydrogens is 318 g/mol. The molecule has 0 saturated heterocycles. The van der Waals surface area contributed by atoms with Gasteiger partial charge in [-0.25, -0.2) is 4.98 Å². The molecule has 1 amide bonds. The number of pyridine rings is 2. The third-order valence-corrected chi connectivity index (χ3v) is 4.26. The van der Waals surface area contributed by atoms with Crippen LogP contribution in [0.5, 0.6) is 5.88 Å². The Bertz CT molecular complexity index is 748. The van der Waals surface area contributed by atoms with Gasteiger partial charge in [0.25, 0.3) is 0 Å². The Hall–Kier alpha value is -2.67. The van der Waals surface area contributed by atoms with Crippen LogP contribution in [0, 0.1) is 6.92 Å². The summed E-state index contributed by atoms with van der Waals surface area (Å²) in [6, 6.07) is 5.81. The molecule has 1 aliphatic heterocycles. The molecule has 25 heavy (non-hydrogen) atoms. The number of fused-ring (bicyclic) bond motifs is 1. The topological polar surface area (TPSA) is 102 Å². The first-order valence-electron chi connectivity index (χ1n) is 8.36. The van der Waals surface area contributed by atoms with E-state index in [1.807, 2.05) is 19.2 Å². The lowest BCUT2D eigenvalue weighted by Gasteiger charge is -2.27. The summed E-state index contributed by atoms with van der Waals surface area (Å²) in [7, 11) is 0. The van der Waals surface area contributed by atoms with Crippen molar-refractivity contribution in [1.82, 2.24) is 15.3 Å². The highest BCUT2D eigenvalue weighted by atomic mass is 16.5. The molecule has 132 valence electrons. The Balaban J connectivity index is 1.50. The number of carbonyl (C=O) groups excluding carboxylic acids is 1. The summed E-state index contributed by atoms with van der Waals surface area (Å²) < 4.78 is 5.87. The minimum atomic E-state index is -0.500. The van der Waals surface area contributed by atoms with Crippen molar-refractivity contribution in [3.05, 3.63) is 47.4 Å². The van der Waals surface area contributed by atoms with E-state index in [1.165, 1.54) is 11.8 Å². The zero-order valence-electron chi connectivity index (χ0n) is 14.5. The van der Waals surface area contributed by atoms with Gasteiger partial charge in [-0.3, -0.25) is 9.78 Å². The molecule has 0 saturated carbocycles. The van der Waals surface area contributed by atoms with Crippen LogP contribution in [-0.4, -0.2) is 41.6 Å². The minimum Gasteiger partial charge on any atom is -0.470 e. The molecule has 0 bridgehead atoms. The third kappa shape index (κ3) is 4.24. The lowest BCUT2D eigenvalue weighted by atomic mass is 10.0. The first-order valence-corrected chi connectivity index (χ1v) is 8.36. The summed E-state index contributed by atoms with van der Waals surface area (Å²) >= 11 is 0. The summed E-state index contributed by atoms with van der Waals surface area (Å²) in [6.45, 7) is 6.34. The van der Waals surface area contributed by atoms with Gasteiger partial charge in [0.1, 0.15) is 6.10 Å². The molecule has 0 spiro atoms. The van der Waals surface area contributed by atoms with Crippen LogP contribution in [0.15, 0.2) is 30.6 Å². The lowest BCUT2D eigenvalue weighted by Crippen LogP contribution is -2.40. The zero-order valence-corrected chi connectivity index (χ0v) is 14.5. The SMILES string of the molecule is Cc1ccc(C(C)CNCC2CNc3cc(C(N)=O)cnc3O2)cn1. The number of aromatic nitrogens is 2. The number of carbonyl (C=O) groups is 1. The van der Waals surface area contributed by atoms with E-state index < -0.39 is 5.91 Å². The maximum absolute atomic E-state index is 11.2. The summed E-state index contributed by atoms with van der Waals surface area (Å²) in [6.07, 6.45) is 3.34. The maximum Gasteiger partial charge on any atom is 0.250 e. The smallest absolute Gasteiger partial charge is 0.250 e. The molecule has 0 aromatic carbocycles. The fourth-order valence-electron chi connectivity index (χ4n) is 2.69. The Kier molecular flexibility index (Phi) is 5.14. The molecule has 0 radical (unpaired) electrons. The van der Waals surface area contributed by atoms with Crippen molar-refractivity contribution in [3.63, 3.8) is 0 Å². The molecule has 2 atom stereocenters. The number of ether oxygens (including phenoxy) is 1. The highest BCUT2D eigenvalue weighted by Gasteiger charge is 2.21. The van der Waals surface area contributed by atoms with Gasteiger partial charge in [-0.15, -0.1) is 0 Å². The van der Waals surface area contributed by atoms with Crippen molar-refractivity contribution in [3.8, 4) is 5.88 Å². The van der Waals surface area contributed by atoms with Gasteiger partial charge in [-0.2, -0.15) is 0 Å². The second-order valence-electron chi connectivity index (χ2n) is 6.35. The van der Waals surface area contributed by atoms with Gasteiger partial charge in [-0.1, -0.05) is 13.0 Å². The minimum absolute atomic E-state index is 0.0252. The summed E-state index contributed by atoms with van der Waals surface area (Å²) in [4.78, 5) is 19.7. The van der Waals surface area contributed by atoms with Crippen LogP contribution in [0.2, 0.25) is 0 Å². The van der Waals surface area contributed by atoms with Crippen LogP contribution in [0.25, 0.3) is 0 Å². The third-order valence-electron chi connectivity index (χ3n) is 4.26. The molecule has 7 nitrogen and oxygen atoms in total.